The van der Waals surface area contributed by atoms with Crippen molar-refractivity contribution in [2.45, 2.75) is 167 Å². The summed E-state index contributed by atoms with van der Waals surface area (Å²) in [6.07, 6.45) is 37.5. The molecular weight excluding hydrogens is 380 g/mol. The van der Waals surface area contributed by atoms with Crippen molar-refractivity contribution in [2.24, 2.45) is 0 Å². The van der Waals surface area contributed by atoms with Gasteiger partial charge in [-0.3, -0.25) is 4.79 Å². The fourth-order valence-corrected chi connectivity index (χ4v) is 4.29. The topological polar surface area (TPSA) is 37.3 Å². The summed E-state index contributed by atoms with van der Waals surface area (Å²) in [6, 6.07) is 0. The van der Waals surface area contributed by atoms with Crippen molar-refractivity contribution in [3.63, 3.8) is 0 Å². The first kappa shape index (κ1) is 30.2. The van der Waals surface area contributed by atoms with Crippen molar-refractivity contribution in [3.05, 3.63) is 12.2 Å². The number of carbonyl (C=O) groups is 1. The first-order valence-electron chi connectivity index (χ1n) is 14.1. The lowest BCUT2D eigenvalue weighted by Gasteiger charge is -2.04. The Balaban J connectivity index is 3.04. The Morgan fingerprint density at radius 2 is 0.774 bits per heavy atom. The molecule has 0 aromatic heterocycles. The largest absolute Gasteiger partial charge is 0.481 e. The number of unbranched alkanes of at least 4 members (excludes halogenated alkanes) is 22. The minimum absolute atomic E-state index is 0.345. The van der Waals surface area contributed by atoms with Gasteiger partial charge in [0.05, 0.1) is 0 Å². The Kier molecular flexibility index (Phi) is 26.5. The maximum Gasteiger partial charge on any atom is 0.303 e. The molecule has 1 N–H and O–H groups in total. The maximum atomic E-state index is 10.4. The van der Waals surface area contributed by atoms with Crippen molar-refractivity contribution in [3.8, 4) is 0 Å². The SMILES string of the molecule is CCCCCC=CCCCCCCCCCCCCCCCCCCCCCC(=O)O. The Morgan fingerprint density at radius 3 is 1.10 bits per heavy atom. The van der Waals surface area contributed by atoms with Crippen LogP contribution < -0.4 is 0 Å². The molecule has 2 nitrogen and oxygen atoms in total. The second-order valence-corrected chi connectivity index (χ2v) is 9.62. The third-order valence-electron chi connectivity index (χ3n) is 6.40. The van der Waals surface area contributed by atoms with Crippen LogP contribution in [0.2, 0.25) is 0 Å². The van der Waals surface area contributed by atoms with E-state index < -0.39 is 5.97 Å². The van der Waals surface area contributed by atoms with Crippen molar-refractivity contribution in [1.82, 2.24) is 0 Å². The second kappa shape index (κ2) is 27.2. The van der Waals surface area contributed by atoms with E-state index in [0.717, 1.165) is 12.8 Å². The fraction of sp³-hybridized carbons (Fsp3) is 0.897. The summed E-state index contributed by atoms with van der Waals surface area (Å²) in [6.45, 7) is 2.27. The molecule has 0 unspecified atom stereocenters. The molecule has 0 aliphatic carbocycles. The molecule has 0 fully saturated rings. The molecule has 0 bridgehead atoms. The van der Waals surface area contributed by atoms with Gasteiger partial charge in [0.25, 0.3) is 0 Å². The van der Waals surface area contributed by atoms with Gasteiger partial charge in [-0.25, -0.2) is 0 Å². The highest BCUT2D eigenvalue weighted by Crippen LogP contribution is 2.15. The molecule has 0 atom stereocenters. The molecule has 0 saturated heterocycles. The van der Waals surface area contributed by atoms with Gasteiger partial charge < -0.3 is 5.11 Å². The zero-order valence-corrected chi connectivity index (χ0v) is 21.2. The molecule has 0 heterocycles. The van der Waals surface area contributed by atoms with Crippen LogP contribution in [0.1, 0.15) is 167 Å². The molecule has 0 aromatic carbocycles. The van der Waals surface area contributed by atoms with Crippen LogP contribution >= 0.6 is 0 Å². The summed E-state index contributed by atoms with van der Waals surface area (Å²) >= 11 is 0. The summed E-state index contributed by atoms with van der Waals surface area (Å²) < 4.78 is 0. The molecule has 2 heteroatoms. The minimum Gasteiger partial charge on any atom is -0.481 e. The molecule has 0 radical (unpaired) electrons. The molecule has 0 amide bonds. The lowest BCUT2D eigenvalue weighted by molar-refractivity contribution is -0.137. The summed E-state index contributed by atoms with van der Waals surface area (Å²) in [4.78, 5) is 10.4. The molecular formula is C29H56O2. The predicted octanol–water partition coefficient (Wildman–Crippen LogP) is 10.4. The summed E-state index contributed by atoms with van der Waals surface area (Å²) in [5.74, 6) is -0.651. The second-order valence-electron chi connectivity index (χ2n) is 9.62. The van der Waals surface area contributed by atoms with Crippen LogP contribution in [0.25, 0.3) is 0 Å². The monoisotopic (exact) mass is 436 g/mol. The molecule has 0 rings (SSSR count). The molecule has 0 aliphatic rings. The van der Waals surface area contributed by atoms with Crippen molar-refractivity contribution < 1.29 is 9.90 Å². The van der Waals surface area contributed by atoms with E-state index >= 15 is 0 Å². The first-order chi connectivity index (χ1) is 15.3. The van der Waals surface area contributed by atoms with Gasteiger partial charge in [0, 0.05) is 6.42 Å². The van der Waals surface area contributed by atoms with E-state index in [1.807, 2.05) is 0 Å². The van der Waals surface area contributed by atoms with E-state index in [-0.39, 0.29) is 0 Å². The van der Waals surface area contributed by atoms with E-state index in [0.29, 0.717) is 6.42 Å². The zero-order valence-electron chi connectivity index (χ0n) is 21.2. The van der Waals surface area contributed by atoms with Gasteiger partial charge in [0.15, 0.2) is 0 Å². The first-order valence-corrected chi connectivity index (χ1v) is 14.1. The van der Waals surface area contributed by atoms with E-state index in [1.54, 1.807) is 0 Å². The molecule has 0 saturated carbocycles. The van der Waals surface area contributed by atoms with Gasteiger partial charge in [0.2, 0.25) is 0 Å². The van der Waals surface area contributed by atoms with Gasteiger partial charge in [-0.2, -0.15) is 0 Å². The van der Waals surface area contributed by atoms with Crippen molar-refractivity contribution >= 4 is 5.97 Å². The maximum absolute atomic E-state index is 10.4. The highest BCUT2D eigenvalue weighted by Gasteiger charge is 1.97. The molecule has 184 valence electrons. The van der Waals surface area contributed by atoms with Crippen LogP contribution in [-0.2, 0) is 4.79 Å². The van der Waals surface area contributed by atoms with Crippen LogP contribution in [0.4, 0.5) is 0 Å². The summed E-state index contributed by atoms with van der Waals surface area (Å²) in [5.41, 5.74) is 0. The number of hydrogen-bond donors (Lipinski definition) is 1. The molecule has 31 heavy (non-hydrogen) atoms. The average Bonchev–Trinajstić information content (AvgIpc) is 2.76. The quantitative estimate of drug-likeness (QED) is 0.108. The van der Waals surface area contributed by atoms with Crippen LogP contribution in [0.3, 0.4) is 0 Å². The van der Waals surface area contributed by atoms with E-state index in [1.165, 1.54) is 141 Å². The van der Waals surface area contributed by atoms with Gasteiger partial charge in [-0.05, 0) is 32.1 Å². The van der Waals surface area contributed by atoms with Gasteiger partial charge in [-0.1, -0.05) is 141 Å². The van der Waals surface area contributed by atoms with Crippen LogP contribution in [0.5, 0.6) is 0 Å². The van der Waals surface area contributed by atoms with Crippen LogP contribution in [0.15, 0.2) is 12.2 Å². The van der Waals surface area contributed by atoms with Crippen LogP contribution in [-0.4, -0.2) is 11.1 Å². The van der Waals surface area contributed by atoms with E-state index in [2.05, 4.69) is 19.1 Å². The number of carboxylic acid groups (broad SMARTS) is 1. The van der Waals surface area contributed by atoms with E-state index in [4.69, 9.17) is 5.11 Å². The van der Waals surface area contributed by atoms with Gasteiger partial charge in [-0.15, -0.1) is 0 Å². The minimum atomic E-state index is -0.651. The third kappa shape index (κ3) is 29.2. The smallest absolute Gasteiger partial charge is 0.303 e. The molecule has 0 aromatic rings. The number of aliphatic carboxylic acids is 1. The average molecular weight is 437 g/mol. The third-order valence-corrected chi connectivity index (χ3v) is 6.40. The van der Waals surface area contributed by atoms with Gasteiger partial charge in [0.1, 0.15) is 0 Å². The Hall–Kier alpha value is -0.790. The zero-order chi connectivity index (χ0) is 22.7. The Labute approximate surface area is 195 Å². The summed E-state index contributed by atoms with van der Waals surface area (Å²) in [5, 5.41) is 8.60. The lowest BCUT2D eigenvalue weighted by Crippen LogP contribution is -1.93. The highest BCUT2D eigenvalue weighted by atomic mass is 16.4. The fourth-order valence-electron chi connectivity index (χ4n) is 4.29. The number of carboxylic acids is 1. The Bertz CT molecular complexity index is 375. The lowest BCUT2D eigenvalue weighted by atomic mass is 10.0. The number of allylic oxidation sites excluding steroid dienone is 2. The number of rotatable bonds is 26. The Morgan fingerprint density at radius 1 is 0.484 bits per heavy atom. The predicted molar refractivity (Wildman–Crippen MR) is 138 cm³/mol. The standard InChI is InChI=1S/C29H56O2/c1-2-3-4-5-6-7-8-9-10-11-12-13-14-15-16-17-18-19-20-21-22-23-24-25-26-27-28-29(30)31/h6-7H,2-5,8-28H2,1H3,(H,30,31). The summed E-state index contributed by atoms with van der Waals surface area (Å²) in [7, 11) is 0. The van der Waals surface area contributed by atoms with Crippen LogP contribution in [0, 0.1) is 0 Å². The number of hydrogen-bond acceptors (Lipinski definition) is 1. The highest BCUT2D eigenvalue weighted by molar-refractivity contribution is 5.66. The van der Waals surface area contributed by atoms with Crippen molar-refractivity contribution in [1.29, 1.82) is 0 Å². The van der Waals surface area contributed by atoms with E-state index in [9.17, 15) is 4.79 Å². The van der Waals surface area contributed by atoms with Gasteiger partial charge >= 0.3 is 5.97 Å². The molecule has 0 aliphatic heterocycles. The normalized spacial score (nSPS) is 11.5. The van der Waals surface area contributed by atoms with Crippen molar-refractivity contribution in [2.75, 3.05) is 0 Å². The molecule has 0 spiro atoms.